The highest BCUT2D eigenvalue weighted by atomic mass is 35.5. The molecular formula is C22H10Cl2F4N4O4S. The second kappa shape index (κ2) is 8.94. The smallest absolute Gasteiger partial charge is 0.434 e. The van der Waals surface area contributed by atoms with Crippen LogP contribution < -0.4 is 0 Å². The van der Waals surface area contributed by atoms with Gasteiger partial charge in [0.1, 0.15) is 33.0 Å². The summed E-state index contributed by atoms with van der Waals surface area (Å²) in [7, 11) is 0. The van der Waals surface area contributed by atoms with Crippen molar-refractivity contribution in [2.24, 2.45) is 0 Å². The highest BCUT2D eigenvalue weighted by molar-refractivity contribution is 7.13. The maximum atomic E-state index is 14.8. The van der Waals surface area contributed by atoms with Gasteiger partial charge in [-0.05, 0) is 12.1 Å². The van der Waals surface area contributed by atoms with Crippen LogP contribution >= 0.6 is 34.5 Å². The van der Waals surface area contributed by atoms with Gasteiger partial charge in [0.05, 0.1) is 27.9 Å². The average Bonchev–Trinajstić information content (AvgIpc) is 3.56. The van der Waals surface area contributed by atoms with E-state index in [4.69, 9.17) is 27.7 Å². The number of phenolic OH excluding ortho intramolecular Hbond substituents is 3. The van der Waals surface area contributed by atoms with Gasteiger partial charge in [-0.3, -0.25) is 0 Å². The molecule has 0 saturated carbocycles. The lowest BCUT2D eigenvalue weighted by molar-refractivity contribution is -0.142. The molecule has 0 aliphatic rings. The van der Waals surface area contributed by atoms with Crippen LogP contribution in [0.5, 0.6) is 17.2 Å². The van der Waals surface area contributed by atoms with Gasteiger partial charge < -0.3 is 19.8 Å². The molecule has 0 bridgehead atoms. The van der Waals surface area contributed by atoms with E-state index in [1.807, 2.05) is 0 Å². The van der Waals surface area contributed by atoms with E-state index in [1.54, 1.807) is 5.38 Å². The Morgan fingerprint density at radius 2 is 1.81 bits per heavy atom. The molecule has 15 heteroatoms. The summed E-state index contributed by atoms with van der Waals surface area (Å²) < 4.78 is 63.5. The van der Waals surface area contributed by atoms with Gasteiger partial charge in [0.15, 0.2) is 22.9 Å². The normalized spacial score (nSPS) is 11.8. The first-order valence-corrected chi connectivity index (χ1v) is 11.6. The second-order valence-electron chi connectivity index (χ2n) is 7.41. The molecule has 2 aromatic carbocycles. The first-order valence-electron chi connectivity index (χ1n) is 9.94. The maximum Gasteiger partial charge on any atom is 0.434 e. The van der Waals surface area contributed by atoms with E-state index in [0.29, 0.717) is 6.07 Å². The minimum Gasteiger partial charge on any atom is -0.506 e. The van der Waals surface area contributed by atoms with E-state index in [2.05, 4.69) is 15.2 Å². The van der Waals surface area contributed by atoms with E-state index in [1.165, 1.54) is 18.3 Å². The molecule has 8 nitrogen and oxygen atoms in total. The monoisotopic (exact) mass is 572 g/mol. The number of alkyl halides is 3. The predicted molar refractivity (Wildman–Crippen MR) is 126 cm³/mol. The summed E-state index contributed by atoms with van der Waals surface area (Å²) >= 11 is 13.0. The summed E-state index contributed by atoms with van der Waals surface area (Å²) in [5, 5.41) is 38.7. The number of halogens is 6. The standard InChI is InChI=1S/C22H10Cl2F4N4O4S/c23-9-2-1-3-10(25)13(9)16-14(21-29-4-5-37-21)19(36-31-16)8-7-30-32(20(8)22(26,27)28)17-12(34)6-11(33)15(24)18(17)35/h1-7,33-35H. The van der Waals surface area contributed by atoms with Crippen molar-refractivity contribution in [3.05, 3.63) is 63.6 Å². The van der Waals surface area contributed by atoms with Crippen molar-refractivity contribution in [1.29, 1.82) is 0 Å². The van der Waals surface area contributed by atoms with Crippen LogP contribution in [0.2, 0.25) is 10.0 Å². The van der Waals surface area contributed by atoms with Crippen molar-refractivity contribution in [2.75, 3.05) is 0 Å². The van der Waals surface area contributed by atoms with Crippen LogP contribution in [0, 0.1) is 5.82 Å². The number of nitrogens with zero attached hydrogens (tertiary/aromatic N) is 4. The highest BCUT2D eigenvalue weighted by Gasteiger charge is 2.42. The van der Waals surface area contributed by atoms with Gasteiger partial charge in [-0.25, -0.2) is 14.1 Å². The molecule has 0 aliphatic carbocycles. The molecule has 5 aromatic rings. The summed E-state index contributed by atoms with van der Waals surface area (Å²) in [6.45, 7) is 0. The number of rotatable bonds is 4. The van der Waals surface area contributed by atoms with E-state index in [9.17, 15) is 32.9 Å². The van der Waals surface area contributed by atoms with Gasteiger partial charge >= 0.3 is 6.18 Å². The third kappa shape index (κ3) is 4.04. The third-order valence-corrected chi connectivity index (χ3v) is 6.68. The molecule has 0 amide bonds. The lowest BCUT2D eigenvalue weighted by Crippen LogP contribution is -2.15. The molecule has 190 valence electrons. The van der Waals surface area contributed by atoms with E-state index < -0.39 is 57.0 Å². The van der Waals surface area contributed by atoms with Crippen molar-refractivity contribution in [2.45, 2.75) is 6.18 Å². The minimum absolute atomic E-state index is 0.0713. The van der Waals surface area contributed by atoms with Crippen LogP contribution in [-0.4, -0.2) is 35.2 Å². The molecule has 37 heavy (non-hydrogen) atoms. The molecule has 0 saturated heterocycles. The molecule has 3 N–H and O–H groups in total. The third-order valence-electron chi connectivity index (χ3n) is 5.21. The molecular weight excluding hydrogens is 563 g/mol. The number of benzene rings is 2. The largest absolute Gasteiger partial charge is 0.506 e. The minimum atomic E-state index is -5.14. The zero-order chi connectivity index (χ0) is 26.6. The maximum absolute atomic E-state index is 14.8. The molecule has 0 atom stereocenters. The SMILES string of the molecule is Oc1cc(O)c(-n2ncc(-c3onc(-c4c(F)cccc4Cl)c3-c3nccs3)c2C(F)(F)F)c(O)c1Cl. The number of hydrogen-bond donors (Lipinski definition) is 3. The van der Waals surface area contributed by atoms with Gasteiger partial charge in [-0.2, -0.15) is 18.3 Å². The van der Waals surface area contributed by atoms with E-state index in [0.717, 1.165) is 23.6 Å². The fraction of sp³-hybridized carbons (Fsp3) is 0.0455. The van der Waals surface area contributed by atoms with Crippen LogP contribution in [-0.2, 0) is 6.18 Å². The van der Waals surface area contributed by atoms with Crippen LogP contribution in [0.25, 0.3) is 38.8 Å². The first-order chi connectivity index (χ1) is 17.5. The fourth-order valence-corrected chi connectivity index (χ4v) is 4.76. The van der Waals surface area contributed by atoms with Crippen LogP contribution in [0.4, 0.5) is 17.6 Å². The van der Waals surface area contributed by atoms with Crippen molar-refractivity contribution >= 4 is 34.5 Å². The topological polar surface area (TPSA) is 117 Å². The van der Waals surface area contributed by atoms with E-state index in [-0.39, 0.29) is 31.5 Å². The summed E-state index contributed by atoms with van der Waals surface area (Å²) in [4.78, 5) is 4.12. The van der Waals surface area contributed by atoms with Gasteiger partial charge in [0.2, 0.25) is 0 Å². The zero-order valence-electron chi connectivity index (χ0n) is 17.8. The number of phenols is 3. The van der Waals surface area contributed by atoms with Crippen molar-refractivity contribution < 1.29 is 37.4 Å². The van der Waals surface area contributed by atoms with Crippen molar-refractivity contribution in [1.82, 2.24) is 19.9 Å². The van der Waals surface area contributed by atoms with Gasteiger partial charge in [0, 0.05) is 17.6 Å². The Balaban J connectivity index is 1.83. The molecule has 0 radical (unpaired) electrons. The number of aromatic nitrogens is 4. The van der Waals surface area contributed by atoms with Gasteiger partial charge in [-0.1, -0.05) is 34.4 Å². The Morgan fingerprint density at radius 1 is 1.05 bits per heavy atom. The Kier molecular flexibility index (Phi) is 6.01. The average molecular weight is 573 g/mol. The van der Waals surface area contributed by atoms with Crippen LogP contribution in [0.3, 0.4) is 0 Å². The molecule has 3 heterocycles. The van der Waals surface area contributed by atoms with Crippen molar-refractivity contribution in [3.63, 3.8) is 0 Å². The molecule has 0 spiro atoms. The molecule has 0 aliphatic heterocycles. The summed E-state index contributed by atoms with van der Waals surface area (Å²) in [6, 6.07) is 4.46. The van der Waals surface area contributed by atoms with Crippen molar-refractivity contribution in [3.8, 4) is 56.1 Å². The Morgan fingerprint density at radius 3 is 2.46 bits per heavy atom. The summed E-state index contributed by atoms with van der Waals surface area (Å²) in [6.07, 6.45) is -3.00. The van der Waals surface area contributed by atoms with Crippen LogP contribution in [0.15, 0.2) is 46.6 Å². The summed E-state index contributed by atoms with van der Waals surface area (Å²) in [5.74, 6) is -4.06. The van der Waals surface area contributed by atoms with Gasteiger partial charge in [0.25, 0.3) is 0 Å². The van der Waals surface area contributed by atoms with Gasteiger partial charge in [-0.15, -0.1) is 11.3 Å². The number of hydrogen-bond acceptors (Lipinski definition) is 8. The lowest BCUT2D eigenvalue weighted by atomic mass is 10.0. The van der Waals surface area contributed by atoms with E-state index >= 15 is 0 Å². The number of thiazole rings is 1. The summed E-state index contributed by atoms with van der Waals surface area (Å²) in [5.41, 5.74) is -3.54. The quantitative estimate of drug-likeness (QED) is 0.200. The molecule has 0 fully saturated rings. The molecule has 3 aromatic heterocycles. The predicted octanol–water partition coefficient (Wildman–Crippen LogP) is 6.90. The fourth-order valence-electron chi connectivity index (χ4n) is 3.69. The Hall–Kier alpha value is -3.81. The Bertz CT molecular complexity index is 1630. The lowest BCUT2D eigenvalue weighted by Gasteiger charge is -2.15. The first kappa shape index (κ1) is 24.9. The zero-order valence-corrected chi connectivity index (χ0v) is 20.1. The number of aromatic hydroxyl groups is 3. The second-order valence-corrected chi connectivity index (χ2v) is 9.09. The highest BCUT2D eigenvalue weighted by Crippen LogP contribution is 2.49. The Labute approximate surface area is 217 Å². The molecule has 0 unspecified atom stereocenters. The molecule has 5 rings (SSSR count). The van der Waals surface area contributed by atoms with Crippen LogP contribution in [0.1, 0.15) is 5.69 Å².